The number of methoxy groups -OCH3 is 1. The second kappa shape index (κ2) is 6.68. The van der Waals surface area contributed by atoms with Crippen molar-refractivity contribution in [2.45, 2.75) is 26.3 Å². The molecule has 0 saturated heterocycles. The van der Waals surface area contributed by atoms with Gasteiger partial charge in [-0.3, -0.25) is 0 Å². The fourth-order valence-electron chi connectivity index (χ4n) is 2.37. The van der Waals surface area contributed by atoms with E-state index in [2.05, 4.69) is 29.7 Å². The lowest BCUT2D eigenvalue weighted by Crippen LogP contribution is -2.19. The van der Waals surface area contributed by atoms with Crippen molar-refractivity contribution >= 4 is 11.0 Å². The van der Waals surface area contributed by atoms with Crippen LogP contribution < -0.4 is 5.73 Å². The van der Waals surface area contributed by atoms with Crippen LogP contribution in [0.1, 0.15) is 19.2 Å². The molecule has 2 N–H and O–H groups in total. The molecule has 1 aromatic carbocycles. The standard InChI is InChI=1S/C15H23N3O/c1-3-12(11-16)10-15-17-13-6-4-5-7-14(13)18(15)8-9-19-2/h4-7,12H,3,8-11,16H2,1-2H3. The summed E-state index contributed by atoms with van der Waals surface area (Å²) in [7, 11) is 1.73. The number of ether oxygens (including phenoxy) is 1. The summed E-state index contributed by atoms with van der Waals surface area (Å²) in [4.78, 5) is 4.75. The third-order valence-electron chi connectivity index (χ3n) is 3.63. The van der Waals surface area contributed by atoms with Crippen molar-refractivity contribution in [3.05, 3.63) is 30.1 Å². The van der Waals surface area contributed by atoms with Gasteiger partial charge in [0.1, 0.15) is 5.82 Å². The second-order valence-electron chi connectivity index (χ2n) is 4.88. The van der Waals surface area contributed by atoms with E-state index in [4.69, 9.17) is 15.5 Å². The van der Waals surface area contributed by atoms with Crippen molar-refractivity contribution in [3.8, 4) is 0 Å². The number of hydrogen-bond acceptors (Lipinski definition) is 3. The molecule has 0 fully saturated rings. The summed E-state index contributed by atoms with van der Waals surface area (Å²) < 4.78 is 7.46. The van der Waals surface area contributed by atoms with Gasteiger partial charge in [0.05, 0.1) is 17.6 Å². The Kier molecular flexibility index (Phi) is 4.93. The van der Waals surface area contributed by atoms with E-state index >= 15 is 0 Å². The van der Waals surface area contributed by atoms with Crippen molar-refractivity contribution in [3.63, 3.8) is 0 Å². The van der Waals surface area contributed by atoms with Gasteiger partial charge in [0.15, 0.2) is 0 Å². The fraction of sp³-hybridized carbons (Fsp3) is 0.533. The molecule has 0 spiro atoms. The molecule has 0 aliphatic carbocycles. The van der Waals surface area contributed by atoms with E-state index in [9.17, 15) is 0 Å². The number of fused-ring (bicyclic) bond motifs is 1. The number of aromatic nitrogens is 2. The van der Waals surface area contributed by atoms with E-state index in [1.807, 2.05) is 6.07 Å². The summed E-state index contributed by atoms with van der Waals surface area (Å²) in [5.41, 5.74) is 8.05. The lowest BCUT2D eigenvalue weighted by molar-refractivity contribution is 0.187. The van der Waals surface area contributed by atoms with Gasteiger partial charge >= 0.3 is 0 Å². The van der Waals surface area contributed by atoms with Gasteiger partial charge < -0.3 is 15.0 Å². The Hall–Kier alpha value is -1.39. The van der Waals surface area contributed by atoms with Crippen LogP contribution in [0.3, 0.4) is 0 Å². The van der Waals surface area contributed by atoms with Gasteiger partial charge in [-0.1, -0.05) is 25.5 Å². The molecule has 0 aliphatic heterocycles. The molecule has 104 valence electrons. The smallest absolute Gasteiger partial charge is 0.110 e. The zero-order valence-electron chi connectivity index (χ0n) is 11.8. The minimum atomic E-state index is 0.498. The van der Waals surface area contributed by atoms with Gasteiger partial charge in [-0.25, -0.2) is 4.98 Å². The van der Waals surface area contributed by atoms with Gasteiger partial charge in [-0.2, -0.15) is 0 Å². The maximum absolute atomic E-state index is 5.81. The highest BCUT2D eigenvalue weighted by Crippen LogP contribution is 2.19. The van der Waals surface area contributed by atoms with Gasteiger partial charge in [0.25, 0.3) is 0 Å². The molecule has 0 amide bonds. The average molecular weight is 261 g/mol. The Balaban J connectivity index is 2.34. The number of nitrogens with two attached hydrogens (primary N) is 1. The number of imidazole rings is 1. The first-order valence-corrected chi connectivity index (χ1v) is 6.93. The Morgan fingerprint density at radius 1 is 1.37 bits per heavy atom. The van der Waals surface area contributed by atoms with Crippen LogP contribution in [-0.4, -0.2) is 29.8 Å². The number of rotatable bonds is 7. The summed E-state index contributed by atoms with van der Waals surface area (Å²) >= 11 is 0. The molecular formula is C15H23N3O. The van der Waals surface area contributed by atoms with Crippen molar-refractivity contribution < 1.29 is 4.74 Å². The molecule has 0 radical (unpaired) electrons. The Morgan fingerprint density at radius 3 is 2.84 bits per heavy atom. The van der Waals surface area contributed by atoms with Crippen LogP contribution in [0.2, 0.25) is 0 Å². The van der Waals surface area contributed by atoms with E-state index in [1.165, 1.54) is 5.52 Å². The maximum Gasteiger partial charge on any atom is 0.110 e. The molecule has 4 heteroatoms. The van der Waals surface area contributed by atoms with Crippen molar-refractivity contribution in [2.75, 3.05) is 20.3 Å². The molecule has 1 atom stereocenters. The summed E-state index contributed by atoms with van der Waals surface area (Å²) in [6, 6.07) is 8.26. The van der Waals surface area contributed by atoms with Crippen LogP contribution in [0, 0.1) is 5.92 Å². The zero-order valence-corrected chi connectivity index (χ0v) is 11.8. The second-order valence-corrected chi connectivity index (χ2v) is 4.88. The summed E-state index contributed by atoms with van der Waals surface area (Å²) in [5.74, 6) is 1.62. The van der Waals surface area contributed by atoms with E-state index in [1.54, 1.807) is 7.11 Å². The average Bonchev–Trinajstić information content (AvgIpc) is 2.79. The number of para-hydroxylation sites is 2. The third-order valence-corrected chi connectivity index (χ3v) is 3.63. The Morgan fingerprint density at radius 2 is 2.16 bits per heavy atom. The van der Waals surface area contributed by atoms with Crippen LogP contribution in [0.4, 0.5) is 0 Å². The summed E-state index contributed by atoms with van der Waals surface area (Å²) in [5, 5.41) is 0. The van der Waals surface area contributed by atoms with E-state index in [0.29, 0.717) is 19.1 Å². The number of nitrogens with zero attached hydrogens (tertiary/aromatic N) is 2. The highest BCUT2D eigenvalue weighted by Gasteiger charge is 2.14. The molecule has 2 rings (SSSR count). The first kappa shape index (κ1) is 14.0. The first-order chi connectivity index (χ1) is 9.30. The summed E-state index contributed by atoms with van der Waals surface area (Å²) in [6.07, 6.45) is 2.02. The van der Waals surface area contributed by atoms with Crippen molar-refractivity contribution in [1.29, 1.82) is 0 Å². The fourth-order valence-corrected chi connectivity index (χ4v) is 2.37. The highest BCUT2D eigenvalue weighted by molar-refractivity contribution is 5.75. The molecule has 1 heterocycles. The Labute approximate surface area is 114 Å². The molecule has 4 nitrogen and oxygen atoms in total. The molecule has 0 saturated carbocycles. The van der Waals surface area contributed by atoms with Crippen molar-refractivity contribution in [2.24, 2.45) is 11.7 Å². The van der Waals surface area contributed by atoms with E-state index < -0.39 is 0 Å². The molecular weight excluding hydrogens is 238 g/mol. The van der Waals surface area contributed by atoms with Gasteiger partial charge in [0, 0.05) is 20.1 Å². The van der Waals surface area contributed by atoms with Gasteiger partial charge in [-0.15, -0.1) is 0 Å². The highest BCUT2D eigenvalue weighted by atomic mass is 16.5. The van der Waals surface area contributed by atoms with Crippen LogP contribution in [0.15, 0.2) is 24.3 Å². The molecule has 1 aromatic heterocycles. The zero-order chi connectivity index (χ0) is 13.7. The predicted octanol–water partition coefficient (Wildman–Crippen LogP) is 2.21. The molecule has 1 unspecified atom stereocenters. The minimum Gasteiger partial charge on any atom is -0.383 e. The van der Waals surface area contributed by atoms with E-state index in [0.717, 1.165) is 30.7 Å². The normalized spacial score (nSPS) is 13.0. The minimum absolute atomic E-state index is 0.498. The topological polar surface area (TPSA) is 53.1 Å². The van der Waals surface area contributed by atoms with Gasteiger partial charge in [-0.05, 0) is 24.6 Å². The monoisotopic (exact) mass is 261 g/mol. The van der Waals surface area contributed by atoms with Crippen LogP contribution >= 0.6 is 0 Å². The lowest BCUT2D eigenvalue weighted by Gasteiger charge is -2.13. The lowest BCUT2D eigenvalue weighted by atomic mass is 10.0. The number of hydrogen-bond donors (Lipinski definition) is 1. The first-order valence-electron chi connectivity index (χ1n) is 6.93. The third kappa shape index (κ3) is 3.14. The van der Waals surface area contributed by atoms with Gasteiger partial charge in [0.2, 0.25) is 0 Å². The van der Waals surface area contributed by atoms with E-state index in [-0.39, 0.29) is 0 Å². The predicted molar refractivity (Wildman–Crippen MR) is 78.1 cm³/mol. The Bertz CT molecular complexity index is 517. The maximum atomic E-state index is 5.81. The molecule has 19 heavy (non-hydrogen) atoms. The molecule has 0 bridgehead atoms. The SMILES string of the molecule is CCC(CN)Cc1nc2ccccc2n1CCOC. The number of benzene rings is 1. The van der Waals surface area contributed by atoms with Crippen molar-refractivity contribution in [1.82, 2.24) is 9.55 Å². The quantitative estimate of drug-likeness (QED) is 0.831. The summed E-state index contributed by atoms with van der Waals surface area (Å²) in [6.45, 7) is 4.43. The van der Waals surface area contributed by atoms with Crippen LogP contribution in [-0.2, 0) is 17.7 Å². The van der Waals surface area contributed by atoms with Crippen LogP contribution in [0.5, 0.6) is 0 Å². The molecule has 0 aliphatic rings. The van der Waals surface area contributed by atoms with Crippen LogP contribution in [0.25, 0.3) is 11.0 Å². The molecule has 2 aromatic rings. The largest absolute Gasteiger partial charge is 0.383 e.